The van der Waals surface area contributed by atoms with Crippen LogP contribution < -0.4 is 5.32 Å². The van der Waals surface area contributed by atoms with E-state index >= 15 is 0 Å². The summed E-state index contributed by atoms with van der Waals surface area (Å²) in [5.41, 5.74) is 2.94. The molecule has 5 heteroatoms. The lowest BCUT2D eigenvalue weighted by molar-refractivity contribution is 0.0950. The van der Waals surface area contributed by atoms with Gasteiger partial charge in [0.2, 0.25) is 0 Å². The predicted octanol–water partition coefficient (Wildman–Crippen LogP) is 3.24. The molecule has 0 atom stereocenters. The summed E-state index contributed by atoms with van der Waals surface area (Å²) in [6, 6.07) is 12.9. The first kappa shape index (κ1) is 13.6. The van der Waals surface area contributed by atoms with Gasteiger partial charge in [-0.2, -0.15) is 0 Å². The summed E-state index contributed by atoms with van der Waals surface area (Å²) in [6.45, 7) is 2.49. The Morgan fingerprint density at radius 2 is 2.14 bits per heavy atom. The van der Waals surface area contributed by atoms with Crippen LogP contribution >= 0.6 is 11.3 Å². The SMILES string of the molecule is Cc1cccc(CNC(=O)c2nc3ccc(O)cc3s2)c1. The molecule has 0 aliphatic heterocycles. The standard InChI is InChI=1S/C16H14N2O2S/c1-10-3-2-4-11(7-10)9-17-15(20)16-18-13-6-5-12(19)8-14(13)21-16/h2-8,19H,9H2,1H3,(H,17,20). The first-order chi connectivity index (χ1) is 10.1. The molecule has 3 rings (SSSR count). The molecular weight excluding hydrogens is 284 g/mol. The third-order valence-electron chi connectivity index (χ3n) is 3.10. The molecule has 106 valence electrons. The number of nitrogens with zero attached hydrogens (tertiary/aromatic N) is 1. The Labute approximate surface area is 126 Å². The number of carbonyl (C=O) groups excluding carboxylic acids is 1. The van der Waals surface area contributed by atoms with E-state index in [1.807, 2.05) is 31.2 Å². The van der Waals surface area contributed by atoms with Crippen molar-refractivity contribution in [3.8, 4) is 5.75 Å². The number of thiazole rings is 1. The van der Waals surface area contributed by atoms with E-state index in [4.69, 9.17) is 0 Å². The lowest BCUT2D eigenvalue weighted by Gasteiger charge is -2.03. The maximum atomic E-state index is 12.1. The third kappa shape index (κ3) is 3.03. The highest BCUT2D eigenvalue weighted by atomic mass is 32.1. The van der Waals surface area contributed by atoms with E-state index in [2.05, 4.69) is 10.3 Å². The fourth-order valence-electron chi connectivity index (χ4n) is 2.09. The van der Waals surface area contributed by atoms with Gasteiger partial charge in [-0.3, -0.25) is 4.79 Å². The number of fused-ring (bicyclic) bond motifs is 1. The van der Waals surface area contributed by atoms with Gasteiger partial charge in [0.15, 0.2) is 5.01 Å². The van der Waals surface area contributed by atoms with Gasteiger partial charge in [0, 0.05) is 6.54 Å². The molecule has 21 heavy (non-hydrogen) atoms. The molecule has 0 saturated heterocycles. The molecule has 0 spiro atoms. The molecule has 1 aromatic heterocycles. The maximum absolute atomic E-state index is 12.1. The molecule has 1 amide bonds. The van der Waals surface area contributed by atoms with E-state index in [-0.39, 0.29) is 11.7 Å². The Morgan fingerprint density at radius 1 is 1.29 bits per heavy atom. The number of phenolic OH excluding ortho intramolecular Hbond substituents is 1. The van der Waals surface area contributed by atoms with Crippen molar-refractivity contribution in [3.05, 3.63) is 58.6 Å². The summed E-state index contributed by atoms with van der Waals surface area (Å²) in [5, 5.41) is 12.7. The van der Waals surface area contributed by atoms with Crippen LogP contribution in [0.2, 0.25) is 0 Å². The minimum atomic E-state index is -0.197. The molecular formula is C16H14N2O2S. The normalized spacial score (nSPS) is 10.7. The van der Waals surface area contributed by atoms with E-state index in [1.54, 1.807) is 18.2 Å². The van der Waals surface area contributed by atoms with Crippen LogP contribution in [-0.2, 0) is 6.54 Å². The Kier molecular flexibility index (Phi) is 3.58. The van der Waals surface area contributed by atoms with Crippen molar-refractivity contribution in [1.82, 2.24) is 10.3 Å². The average Bonchev–Trinajstić information content (AvgIpc) is 2.88. The van der Waals surface area contributed by atoms with E-state index in [0.717, 1.165) is 21.3 Å². The van der Waals surface area contributed by atoms with E-state index in [1.165, 1.54) is 11.3 Å². The van der Waals surface area contributed by atoms with Crippen LogP contribution in [0.4, 0.5) is 0 Å². The largest absolute Gasteiger partial charge is 0.508 e. The molecule has 4 nitrogen and oxygen atoms in total. The number of hydrogen-bond donors (Lipinski definition) is 2. The summed E-state index contributed by atoms with van der Waals surface area (Å²) < 4.78 is 0.802. The van der Waals surface area contributed by atoms with Gasteiger partial charge in [-0.15, -0.1) is 11.3 Å². The monoisotopic (exact) mass is 298 g/mol. The highest BCUT2D eigenvalue weighted by molar-refractivity contribution is 7.20. The van der Waals surface area contributed by atoms with Crippen LogP contribution in [0.1, 0.15) is 20.9 Å². The first-order valence-corrected chi connectivity index (χ1v) is 7.37. The van der Waals surface area contributed by atoms with Gasteiger partial charge in [0.05, 0.1) is 10.2 Å². The van der Waals surface area contributed by atoms with Crippen LogP contribution in [0.3, 0.4) is 0 Å². The minimum Gasteiger partial charge on any atom is -0.508 e. The highest BCUT2D eigenvalue weighted by Crippen LogP contribution is 2.25. The summed E-state index contributed by atoms with van der Waals surface area (Å²) in [7, 11) is 0. The molecule has 0 bridgehead atoms. The fourth-order valence-corrected chi connectivity index (χ4v) is 3.01. The zero-order chi connectivity index (χ0) is 14.8. The molecule has 0 aliphatic carbocycles. The topological polar surface area (TPSA) is 62.2 Å². The summed E-state index contributed by atoms with van der Waals surface area (Å²) in [6.07, 6.45) is 0. The second kappa shape index (κ2) is 5.54. The first-order valence-electron chi connectivity index (χ1n) is 6.55. The molecule has 2 aromatic carbocycles. The number of aromatic hydroxyl groups is 1. The van der Waals surface area contributed by atoms with Crippen LogP contribution in [0.5, 0.6) is 5.75 Å². The van der Waals surface area contributed by atoms with Gasteiger partial charge in [-0.1, -0.05) is 29.8 Å². The minimum absolute atomic E-state index is 0.179. The van der Waals surface area contributed by atoms with Crippen molar-refractivity contribution in [2.75, 3.05) is 0 Å². The van der Waals surface area contributed by atoms with Gasteiger partial charge >= 0.3 is 0 Å². The summed E-state index contributed by atoms with van der Waals surface area (Å²) in [5.74, 6) is -0.0185. The van der Waals surface area contributed by atoms with Gasteiger partial charge < -0.3 is 10.4 Å². The Morgan fingerprint density at radius 3 is 2.95 bits per heavy atom. The molecule has 0 aliphatic rings. The number of carbonyl (C=O) groups is 1. The van der Waals surface area contributed by atoms with Gasteiger partial charge in [-0.25, -0.2) is 4.98 Å². The van der Waals surface area contributed by atoms with Crippen LogP contribution in [-0.4, -0.2) is 16.0 Å². The molecule has 0 unspecified atom stereocenters. The Bertz CT molecular complexity index is 811. The summed E-state index contributed by atoms with van der Waals surface area (Å²) in [4.78, 5) is 16.4. The second-order valence-electron chi connectivity index (χ2n) is 4.84. The smallest absolute Gasteiger partial charge is 0.280 e. The van der Waals surface area contributed by atoms with Crippen molar-refractivity contribution in [2.24, 2.45) is 0 Å². The lowest BCUT2D eigenvalue weighted by atomic mass is 10.1. The van der Waals surface area contributed by atoms with Crippen LogP contribution in [0.15, 0.2) is 42.5 Å². The average molecular weight is 298 g/mol. The number of phenols is 1. The molecule has 0 radical (unpaired) electrons. The van der Waals surface area contributed by atoms with Crippen molar-refractivity contribution in [3.63, 3.8) is 0 Å². The lowest BCUT2D eigenvalue weighted by Crippen LogP contribution is -2.22. The van der Waals surface area contributed by atoms with Gasteiger partial charge in [-0.05, 0) is 30.7 Å². The number of benzene rings is 2. The number of nitrogens with one attached hydrogen (secondary N) is 1. The Hall–Kier alpha value is -2.40. The number of rotatable bonds is 3. The van der Waals surface area contributed by atoms with Crippen LogP contribution in [0, 0.1) is 6.92 Å². The number of hydrogen-bond acceptors (Lipinski definition) is 4. The van der Waals surface area contributed by atoms with Crippen molar-refractivity contribution in [2.45, 2.75) is 13.5 Å². The maximum Gasteiger partial charge on any atom is 0.280 e. The molecule has 1 heterocycles. The van der Waals surface area contributed by atoms with Crippen molar-refractivity contribution >= 4 is 27.5 Å². The fraction of sp³-hybridized carbons (Fsp3) is 0.125. The number of amides is 1. The van der Waals surface area contributed by atoms with Gasteiger partial charge in [0.25, 0.3) is 5.91 Å². The molecule has 0 saturated carbocycles. The number of aryl methyl sites for hydroxylation is 1. The van der Waals surface area contributed by atoms with E-state index in [0.29, 0.717) is 11.6 Å². The molecule has 3 aromatic rings. The number of aromatic nitrogens is 1. The Balaban J connectivity index is 1.74. The molecule has 0 fully saturated rings. The zero-order valence-corrected chi connectivity index (χ0v) is 12.3. The molecule has 2 N–H and O–H groups in total. The quantitative estimate of drug-likeness (QED) is 0.780. The third-order valence-corrected chi connectivity index (χ3v) is 4.12. The predicted molar refractivity (Wildman–Crippen MR) is 83.6 cm³/mol. The van der Waals surface area contributed by atoms with Crippen LogP contribution in [0.25, 0.3) is 10.2 Å². The van der Waals surface area contributed by atoms with E-state index in [9.17, 15) is 9.90 Å². The second-order valence-corrected chi connectivity index (χ2v) is 5.87. The summed E-state index contributed by atoms with van der Waals surface area (Å²) >= 11 is 1.27. The van der Waals surface area contributed by atoms with E-state index < -0.39 is 0 Å². The zero-order valence-electron chi connectivity index (χ0n) is 11.5. The highest BCUT2D eigenvalue weighted by Gasteiger charge is 2.12. The van der Waals surface area contributed by atoms with Gasteiger partial charge in [0.1, 0.15) is 5.75 Å². The van der Waals surface area contributed by atoms with Crippen molar-refractivity contribution in [1.29, 1.82) is 0 Å². The van der Waals surface area contributed by atoms with Crippen molar-refractivity contribution < 1.29 is 9.90 Å².